The molecular formula is C13H14N2O4S. The van der Waals surface area contributed by atoms with Gasteiger partial charge in [-0.1, -0.05) is 12.1 Å². The number of carbonyl (C=O) groups is 1. The van der Waals surface area contributed by atoms with Gasteiger partial charge in [-0.2, -0.15) is 0 Å². The van der Waals surface area contributed by atoms with Crippen LogP contribution in [0.4, 0.5) is 0 Å². The van der Waals surface area contributed by atoms with Crippen LogP contribution in [-0.4, -0.2) is 21.6 Å². The van der Waals surface area contributed by atoms with Crippen LogP contribution in [0.1, 0.15) is 22.8 Å². The fourth-order valence-corrected chi connectivity index (χ4v) is 2.51. The fraction of sp³-hybridized carbons (Fsp3) is 0.308. The molecule has 0 unspecified atom stereocenters. The van der Waals surface area contributed by atoms with Gasteiger partial charge in [-0.3, -0.25) is 4.79 Å². The third-order valence-corrected chi connectivity index (χ3v) is 3.87. The van der Waals surface area contributed by atoms with E-state index in [0.717, 1.165) is 17.1 Å². The molecule has 0 atom stereocenters. The van der Waals surface area contributed by atoms with Crippen molar-refractivity contribution >= 4 is 17.5 Å². The van der Waals surface area contributed by atoms with Crippen molar-refractivity contribution in [2.75, 3.05) is 7.11 Å². The topological polar surface area (TPSA) is 70.3 Å². The Balaban J connectivity index is 2.27. The van der Waals surface area contributed by atoms with Crippen molar-refractivity contribution in [3.05, 3.63) is 55.5 Å². The maximum atomic E-state index is 11.9. The summed E-state index contributed by atoms with van der Waals surface area (Å²) in [5, 5.41) is 0. The predicted octanol–water partition coefficient (Wildman–Crippen LogP) is 0.926. The van der Waals surface area contributed by atoms with Crippen LogP contribution in [0.15, 0.2) is 33.9 Å². The fourth-order valence-electron chi connectivity index (χ4n) is 1.77. The zero-order chi connectivity index (χ0) is 14.7. The third kappa shape index (κ3) is 2.72. The van der Waals surface area contributed by atoms with Crippen molar-refractivity contribution in [3.63, 3.8) is 0 Å². The van der Waals surface area contributed by atoms with Gasteiger partial charge in [0, 0.05) is 18.1 Å². The molecule has 0 aliphatic carbocycles. The predicted molar refractivity (Wildman–Crippen MR) is 75.4 cm³/mol. The third-order valence-electron chi connectivity index (χ3n) is 2.86. The van der Waals surface area contributed by atoms with Gasteiger partial charge in [0.15, 0.2) is 0 Å². The Labute approximate surface area is 119 Å². The van der Waals surface area contributed by atoms with Crippen molar-refractivity contribution < 1.29 is 9.53 Å². The lowest BCUT2D eigenvalue weighted by Crippen LogP contribution is -2.29. The molecule has 0 aliphatic rings. The molecule has 1 aromatic heterocycles. The van der Waals surface area contributed by atoms with Crippen LogP contribution in [0, 0.1) is 0 Å². The summed E-state index contributed by atoms with van der Waals surface area (Å²) in [5.74, 6) is -0.419. The SMILES string of the molecule is CCn1sc(=O)n(Cc2ccc(C(=O)OC)cc2)c1=O. The molecule has 0 saturated carbocycles. The number of nitrogens with zero attached hydrogens (tertiary/aromatic N) is 2. The number of aromatic nitrogens is 2. The summed E-state index contributed by atoms with van der Waals surface area (Å²) in [4.78, 5) is 34.7. The largest absolute Gasteiger partial charge is 0.465 e. The van der Waals surface area contributed by atoms with E-state index in [4.69, 9.17) is 0 Å². The smallest absolute Gasteiger partial charge is 0.341 e. The molecule has 106 valence electrons. The number of benzene rings is 1. The highest BCUT2D eigenvalue weighted by molar-refractivity contribution is 7.03. The molecular weight excluding hydrogens is 280 g/mol. The monoisotopic (exact) mass is 294 g/mol. The number of esters is 1. The van der Waals surface area contributed by atoms with E-state index in [-0.39, 0.29) is 17.1 Å². The van der Waals surface area contributed by atoms with Crippen LogP contribution in [0.2, 0.25) is 0 Å². The van der Waals surface area contributed by atoms with Crippen molar-refractivity contribution in [2.24, 2.45) is 0 Å². The van der Waals surface area contributed by atoms with E-state index >= 15 is 0 Å². The van der Waals surface area contributed by atoms with Crippen LogP contribution in [0.25, 0.3) is 0 Å². The Morgan fingerprint density at radius 2 is 1.90 bits per heavy atom. The zero-order valence-electron chi connectivity index (χ0n) is 11.2. The Morgan fingerprint density at radius 3 is 2.40 bits per heavy atom. The summed E-state index contributed by atoms with van der Waals surface area (Å²) in [6.45, 7) is 2.49. The molecule has 0 fully saturated rings. The minimum absolute atomic E-state index is 0.197. The quantitative estimate of drug-likeness (QED) is 0.786. The first-order valence-electron chi connectivity index (χ1n) is 6.05. The summed E-state index contributed by atoms with van der Waals surface area (Å²) in [6.07, 6.45) is 0. The second-order valence-electron chi connectivity index (χ2n) is 4.11. The molecule has 20 heavy (non-hydrogen) atoms. The Bertz CT molecular complexity index is 724. The van der Waals surface area contributed by atoms with E-state index in [1.165, 1.54) is 15.6 Å². The first kappa shape index (κ1) is 14.3. The summed E-state index contributed by atoms with van der Waals surface area (Å²) in [5.41, 5.74) is 0.900. The van der Waals surface area contributed by atoms with Gasteiger partial charge in [-0.15, -0.1) is 0 Å². The molecule has 0 amide bonds. The second kappa shape index (κ2) is 5.87. The number of methoxy groups -OCH3 is 1. The van der Waals surface area contributed by atoms with Crippen molar-refractivity contribution in [3.8, 4) is 0 Å². The van der Waals surface area contributed by atoms with E-state index in [2.05, 4.69) is 4.74 Å². The summed E-state index contributed by atoms with van der Waals surface area (Å²) < 4.78 is 7.19. The number of hydrogen-bond donors (Lipinski definition) is 0. The average molecular weight is 294 g/mol. The van der Waals surface area contributed by atoms with Gasteiger partial charge in [-0.05, 0) is 24.6 Å². The van der Waals surface area contributed by atoms with Crippen molar-refractivity contribution in [2.45, 2.75) is 20.0 Å². The number of aryl methyl sites for hydroxylation is 1. The van der Waals surface area contributed by atoms with Gasteiger partial charge < -0.3 is 4.74 Å². The highest BCUT2D eigenvalue weighted by atomic mass is 32.1. The van der Waals surface area contributed by atoms with E-state index in [1.54, 1.807) is 24.3 Å². The van der Waals surface area contributed by atoms with Crippen LogP contribution < -0.4 is 10.6 Å². The van der Waals surface area contributed by atoms with Gasteiger partial charge in [0.2, 0.25) is 0 Å². The first-order valence-corrected chi connectivity index (χ1v) is 6.82. The molecule has 7 heteroatoms. The Hall–Kier alpha value is -2.15. The van der Waals surface area contributed by atoms with Crippen LogP contribution in [0.3, 0.4) is 0 Å². The molecule has 0 spiro atoms. The van der Waals surface area contributed by atoms with Gasteiger partial charge in [0.05, 0.1) is 19.2 Å². The molecule has 0 saturated heterocycles. The minimum Gasteiger partial charge on any atom is -0.465 e. The normalized spacial score (nSPS) is 10.5. The Kier molecular flexibility index (Phi) is 4.19. The molecule has 2 rings (SSSR count). The molecule has 1 heterocycles. The molecule has 2 aromatic rings. The Morgan fingerprint density at radius 1 is 1.25 bits per heavy atom. The average Bonchev–Trinajstić information content (AvgIpc) is 2.74. The lowest BCUT2D eigenvalue weighted by atomic mass is 10.1. The second-order valence-corrected chi connectivity index (χ2v) is 5.08. The minimum atomic E-state index is -0.419. The van der Waals surface area contributed by atoms with E-state index in [9.17, 15) is 14.4 Å². The van der Waals surface area contributed by atoms with Crippen molar-refractivity contribution in [1.82, 2.24) is 8.52 Å². The van der Waals surface area contributed by atoms with Crippen molar-refractivity contribution in [1.29, 1.82) is 0 Å². The maximum Gasteiger partial charge on any atom is 0.341 e. The summed E-state index contributed by atoms with van der Waals surface area (Å²) >= 11 is 0.909. The maximum absolute atomic E-state index is 11.9. The van der Waals surface area contributed by atoms with Crippen LogP contribution >= 0.6 is 11.5 Å². The number of rotatable bonds is 4. The standard InChI is InChI=1S/C13H14N2O4S/c1-3-15-12(17)14(13(18)20-15)8-9-4-6-10(7-5-9)11(16)19-2/h4-7H,3,8H2,1-2H3. The number of ether oxygens (including phenoxy) is 1. The highest BCUT2D eigenvalue weighted by Gasteiger charge is 2.10. The molecule has 1 aromatic carbocycles. The highest BCUT2D eigenvalue weighted by Crippen LogP contribution is 2.06. The molecule has 0 bridgehead atoms. The van der Waals surface area contributed by atoms with Crippen LogP contribution in [0.5, 0.6) is 0 Å². The number of carbonyl (C=O) groups excluding carboxylic acids is 1. The van der Waals surface area contributed by atoms with E-state index in [0.29, 0.717) is 12.1 Å². The van der Waals surface area contributed by atoms with Gasteiger partial charge in [0.25, 0.3) is 0 Å². The molecule has 6 nitrogen and oxygen atoms in total. The van der Waals surface area contributed by atoms with E-state index in [1.807, 2.05) is 6.92 Å². The lowest BCUT2D eigenvalue weighted by molar-refractivity contribution is 0.0600. The summed E-state index contributed by atoms with van der Waals surface area (Å²) in [7, 11) is 1.31. The van der Waals surface area contributed by atoms with E-state index < -0.39 is 5.97 Å². The summed E-state index contributed by atoms with van der Waals surface area (Å²) in [6, 6.07) is 6.62. The van der Waals surface area contributed by atoms with Gasteiger partial charge in [-0.25, -0.2) is 18.1 Å². The van der Waals surface area contributed by atoms with Crippen LogP contribution in [-0.2, 0) is 17.8 Å². The first-order chi connectivity index (χ1) is 9.56. The zero-order valence-corrected chi connectivity index (χ0v) is 12.0. The number of hydrogen-bond acceptors (Lipinski definition) is 5. The molecule has 0 radical (unpaired) electrons. The van der Waals surface area contributed by atoms with Gasteiger partial charge >= 0.3 is 16.5 Å². The molecule has 0 aliphatic heterocycles. The van der Waals surface area contributed by atoms with Gasteiger partial charge in [0.1, 0.15) is 0 Å². The molecule has 0 N–H and O–H groups in total. The lowest BCUT2D eigenvalue weighted by Gasteiger charge is -2.03.